The molecule has 9 heteroatoms. The third-order valence-corrected chi connectivity index (χ3v) is 7.58. The van der Waals surface area contributed by atoms with Gasteiger partial charge in [-0.2, -0.15) is 5.10 Å². The van der Waals surface area contributed by atoms with Crippen molar-refractivity contribution in [3.8, 4) is 11.5 Å². The molecule has 0 aliphatic carbocycles. The number of H-pyrrole nitrogens is 2. The minimum Gasteiger partial charge on any atom is -0.371 e. The van der Waals surface area contributed by atoms with Crippen LogP contribution in [-0.2, 0) is 0 Å². The zero-order valence-electron chi connectivity index (χ0n) is 20.8. The highest BCUT2D eigenvalue weighted by Crippen LogP contribution is 2.31. The van der Waals surface area contributed by atoms with E-state index in [1.807, 2.05) is 25.1 Å². The van der Waals surface area contributed by atoms with Crippen LogP contribution in [0.2, 0.25) is 0 Å². The minimum absolute atomic E-state index is 0.224. The molecule has 9 nitrogen and oxygen atoms in total. The Morgan fingerprint density at radius 2 is 1.86 bits per heavy atom. The zero-order chi connectivity index (χ0) is 24.5. The molecule has 2 fully saturated rings. The number of imidazole rings is 1. The fraction of sp³-hybridized carbons (Fsp3) is 0.444. The Bertz CT molecular complexity index is 1360. The van der Waals surface area contributed by atoms with Crippen LogP contribution in [0.25, 0.3) is 33.5 Å². The molecule has 2 aromatic heterocycles. The number of anilines is 2. The van der Waals surface area contributed by atoms with Gasteiger partial charge < -0.3 is 25.4 Å². The molecule has 2 aliphatic rings. The lowest BCUT2D eigenvalue weighted by Gasteiger charge is -2.41. The van der Waals surface area contributed by atoms with Gasteiger partial charge in [0.2, 0.25) is 0 Å². The molecule has 6 rings (SSSR count). The minimum atomic E-state index is -0.224. The van der Waals surface area contributed by atoms with Gasteiger partial charge in [-0.05, 0) is 82.1 Å². The standard InChI is InChI=1S/C27H34N8O/c1-2-28-27(36)29-18-6-8-22-21(16-18)25(33-32-22)26-30-23-9-7-20(17-24(23)31-26)35-14-10-19(11-15-35)34-12-4-3-5-13-34/h6-9,16-17,19H,2-5,10-15H2,1H3,(H,30,31)(H,32,33)(H2,28,29,36). The Morgan fingerprint density at radius 1 is 1.03 bits per heavy atom. The van der Waals surface area contributed by atoms with E-state index in [1.165, 1.54) is 50.9 Å². The number of likely N-dealkylation sites (tertiary alicyclic amines) is 1. The van der Waals surface area contributed by atoms with E-state index in [-0.39, 0.29) is 6.03 Å². The Hall–Kier alpha value is -3.59. The van der Waals surface area contributed by atoms with Crippen molar-refractivity contribution in [2.24, 2.45) is 0 Å². The number of hydrogen-bond donors (Lipinski definition) is 4. The summed E-state index contributed by atoms with van der Waals surface area (Å²) in [5.74, 6) is 0.715. The van der Waals surface area contributed by atoms with Gasteiger partial charge >= 0.3 is 6.03 Å². The van der Waals surface area contributed by atoms with Gasteiger partial charge in [0, 0.05) is 42.4 Å². The molecule has 0 radical (unpaired) electrons. The maximum absolute atomic E-state index is 11.9. The molecule has 0 spiro atoms. The molecule has 0 bridgehead atoms. The predicted molar refractivity (Wildman–Crippen MR) is 145 cm³/mol. The lowest BCUT2D eigenvalue weighted by Crippen LogP contribution is -2.46. The summed E-state index contributed by atoms with van der Waals surface area (Å²) in [6.07, 6.45) is 6.58. The molecule has 0 unspecified atom stereocenters. The van der Waals surface area contributed by atoms with Gasteiger partial charge in [0.15, 0.2) is 5.82 Å². The number of nitrogens with zero attached hydrogens (tertiary/aromatic N) is 4. The van der Waals surface area contributed by atoms with Crippen molar-refractivity contribution >= 4 is 39.3 Å². The van der Waals surface area contributed by atoms with Gasteiger partial charge in [0.1, 0.15) is 5.69 Å². The molecule has 2 aromatic carbocycles. The van der Waals surface area contributed by atoms with Crippen LogP contribution in [0.3, 0.4) is 0 Å². The largest absolute Gasteiger partial charge is 0.371 e. The number of aromatic nitrogens is 4. The molecular weight excluding hydrogens is 452 g/mol. The summed E-state index contributed by atoms with van der Waals surface area (Å²) in [6.45, 7) is 7.21. The number of hydrogen-bond acceptors (Lipinski definition) is 5. The Kier molecular flexibility index (Phi) is 6.23. The Morgan fingerprint density at radius 3 is 2.67 bits per heavy atom. The molecular formula is C27H34N8O. The van der Waals surface area contributed by atoms with Crippen LogP contribution in [0, 0.1) is 0 Å². The number of rotatable bonds is 5. The average Bonchev–Trinajstić information content (AvgIpc) is 3.52. The molecule has 2 saturated heterocycles. The maximum atomic E-state index is 11.9. The van der Waals surface area contributed by atoms with E-state index in [0.29, 0.717) is 18.1 Å². The van der Waals surface area contributed by atoms with Gasteiger partial charge in [-0.25, -0.2) is 9.78 Å². The van der Waals surface area contributed by atoms with Gasteiger partial charge in [-0.1, -0.05) is 6.42 Å². The fourth-order valence-electron chi connectivity index (χ4n) is 5.69. The Balaban J connectivity index is 1.21. The second-order valence-electron chi connectivity index (χ2n) is 9.92. The van der Waals surface area contributed by atoms with Crippen LogP contribution < -0.4 is 15.5 Å². The third kappa shape index (κ3) is 4.51. The van der Waals surface area contributed by atoms with Crippen molar-refractivity contribution in [1.82, 2.24) is 30.4 Å². The predicted octanol–water partition coefficient (Wildman–Crippen LogP) is 4.70. The summed E-state index contributed by atoms with van der Waals surface area (Å²) in [5.41, 5.74) is 5.52. The lowest BCUT2D eigenvalue weighted by atomic mass is 9.99. The summed E-state index contributed by atoms with van der Waals surface area (Å²) < 4.78 is 0. The lowest BCUT2D eigenvalue weighted by molar-refractivity contribution is 0.141. The van der Waals surface area contributed by atoms with Gasteiger partial charge in [-0.3, -0.25) is 5.10 Å². The summed E-state index contributed by atoms with van der Waals surface area (Å²) in [7, 11) is 0. The molecule has 188 valence electrons. The number of carbonyl (C=O) groups is 1. The number of urea groups is 1. The van der Waals surface area contributed by atoms with Crippen LogP contribution >= 0.6 is 0 Å². The number of amides is 2. The second kappa shape index (κ2) is 9.81. The van der Waals surface area contributed by atoms with Crippen LogP contribution in [0.4, 0.5) is 16.2 Å². The number of nitrogens with one attached hydrogen (secondary N) is 4. The summed E-state index contributed by atoms with van der Waals surface area (Å²) in [4.78, 5) is 25.5. The average molecular weight is 487 g/mol. The monoisotopic (exact) mass is 486 g/mol. The van der Waals surface area contributed by atoms with Crippen molar-refractivity contribution in [2.75, 3.05) is 42.9 Å². The van der Waals surface area contributed by atoms with E-state index < -0.39 is 0 Å². The van der Waals surface area contributed by atoms with Crippen LogP contribution in [0.5, 0.6) is 0 Å². The molecule has 2 amide bonds. The molecule has 4 heterocycles. The van der Waals surface area contributed by atoms with E-state index in [9.17, 15) is 4.79 Å². The number of benzene rings is 2. The highest BCUT2D eigenvalue weighted by molar-refractivity contribution is 5.98. The molecule has 4 aromatic rings. The second-order valence-corrected chi connectivity index (χ2v) is 9.92. The van der Waals surface area contributed by atoms with Crippen molar-refractivity contribution in [3.63, 3.8) is 0 Å². The number of aromatic amines is 2. The Labute approximate surface area is 210 Å². The molecule has 4 N–H and O–H groups in total. The van der Waals surface area contributed by atoms with Gasteiger partial charge in [0.25, 0.3) is 0 Å². The summed E-state index contributed by atoms with van der Waals surface area (Å²) in [5, 5.41) is 14.1. The van der Waals surface area contributed by atoms with Gasteiger partial charge in [-0.15, -0.1) is 0 Å². The van der Waals surface area contributed by atoms with E-state index in [1.54, 1.807) is 0 Å². The third-order valence-electron chi connectivity index (χ3n) is 7.58. The van der Waals surface area contributed by atoms with E-state index in [2.05, 4.69) is 53.8 Å². The van der Waals surface area contributed by atoms with Crippen molar-refractivity contribution in [1.29, 1.82) is 0 Å². The molecule has 36 heavy (non-hydrogen) atoms. The molecule has 0 atom stereocenters. The van der Waals surface area contributed by atoms with E-state index in [0.717, 1.165) is 46.8 Å². The smallest absolute Gasteiger partial charge is 0.319 e. The van der Waals surface area contributed by atoms with E-state index in [4.69, 9.17) is 4.98 Å². The molecule has 0 saturated carbocycles. The normalized spacial score (nSPS) is 17.6. The van der Waals surface area contributed by atoms with Crippen LogP contribution in [-0.4, -0.2) is 69.9 Å². The first kappa shape index (κ1) is 22.8. The van der Waals surface area contributed by atoms with Crippen LogP contribution in [0.1, 0.15) is 39.0 Å². The number of carbonyl (C=O) groups excluding carboxylic acids is 1. The topological polar surface area (TPSA) is 105 Å². The van der Waals surface area contributed by atoms with Crippen molar-refractivity contribution in [2.45, 2.75) is 45.1 Å². The first-order chi connectivity index (χ1) is 17.7. The summed E-state index contributed by atoms with van der Waals surface area (Å²) in [6, 6.07) is 12.7. The summed E-state index contributed by atoms with van der Waals surface area (Å²) >= 11 is 0. The van der Waals surface area contributed by atoms with Crippen molar-refractivity contribution < 1.29 is 4.79 Å². The van der Waals surface area contributed by atoms with Crippen LogP contribution in [0.15, 0.2) is 36.4 Å². The first-order valence-electron chi connectivity index (χ1n) is 13.2. The zero-order valence-corrected chi connectivity index (χ0v) is 20.8. The number of fused-ring (bicyclic) bond motifs is 2. The SMILES string of the molecule is CCNC(=O)Nc1ccc2[nH]nc(-c3nc4ccc(N5CCC(N6CCCCC6)CC5)cc4[nH]3)c2c1. The number of piperidine rings is 2. The maximum Gasteiger partial charge on any atom is 0.319 e. The van der Waals surface area contributed by atoms with Crippen molar-refractivity contribution in [3.05, 3.63) is 36.4 Å². The molecule has 2 aliphatic heterocycles. The fourth-order valence-corrected chi connectivity index (χ4v) is 5.69. The highest BCUT2D eigenvalue weighted by Gasteiger charge is 2.26. The van der Waals surface area contributed by atoms with Gasteiger partial charge in [0.05, 0.1) is 16.6 Å². The highest BCUT2D eigenvalue weighted by atomic mass is 16.2. The first-order valence-corrected chi connectivity index (χ1v) is 13.2. The quantitative estimate of drug-likeness (QED) is 0.327. The van der Waals surface area contributed by atoms with E-state index >= 15 is 0 Å².